The van der Waals surface area contributed by atoms with Crippen molar-refractivity contribution in [3.63, 3.8) is 0 Å². The first-order valence-corrected chi connectivity index (χ1v) is 7.55. The first-order valence-electron chi connectivity index (χ1n) is 7.18. The summed E-state index contributed by atoms with van der Waals surface area (Å²) in [5.74, 6) is 0. The molecule has 2 aromatic carbocycles. The summed E-state index contributed by atoms with van der Waals surface area (Å²) in [5, 5.41) is 15.3. The average Bonchev–Trinajstić information content (AvgIpc) is 2.54. The van der Waals surface area contributed by atoms with E-state index in [4.69, 9.17) is 16.7 Å². The Kier molecular flexibility index (Phi) is 6.25. The van der Waals surface area contributed by atoms with Crippen LogP contribution < -0.4 is 10.6 Å². The number of aliphatic hydroxyl groups is 1. The first kappa shape index (κ1) is 16.3. The van der Waals surface area contributed by atoms with Crippen molar-refractivity contribution in [1.82, 2.24) is 5.32 Å². The SMILES string of the molecule is O=C(Nc1ccc(Cl)cc1)NC(CCCO)c1ccccc1. The van der Waals surface area contributed by atoms with Crippen LogP contribution in [0.3, 0.4) is 0 Å². The number of nitrogens with one attached hydrogen (secondary N) is 2. The van der Waals surface area contributed by atoms with Gasteiger partial charge in [0.1, 0.15) is 0 Å². The molecule has 1 atom stereocenters. The van der Waals surface area contributed by atoms with Crippen molar-refractivity contribution in [3.05, 3.63) is 65.2 Å². The highest BCUT2D eigenvalue weighted by Crippen LogP contribution is 2.19. The quantitative estimate of drug-likeness (QED) is 0.754. The molecule has 0 spiro atoms. The number of benzene rings is 2. The average molecular weight is 319 g/mol. The summed E-state index contributed by atoms with van der Waals surface area (Å²) < 4.78 is 0. The third-order valence-corrected chi connectivity index (χ3v) is 3.51. The first-order chi connectivity index (χ1) is 10.7. The van der Waals surface area contributed by atoms with Gasteiger partial charge < -0.3 is 15.7 Å². The van der Waals surface area contributed by atoms with Gasteiger partial charge >= 0.3 is 6.03 Å². The predicted molar refractivity (Wildman–Crippen MR) is 89.1 cm³/mol. The van der Waals surface area contributed by atoms with Gasteiger partial charge in [-0.3, -0.25) is 0 Å². The van der Waals surface area contributed by atoms with Crippen molar-refractivity contribution in [2.45, 2.75) is 18.9 Å². The number of hydrogen-bond donors (Lipinski definition) is 3. The molecule has 2 rings (SSSR count). The summed E-state index contributed by atoms with van der Waals surface area (Å²) in [6.45, 7) is 0.101. The maximum atomic E-state index is 12.1. The van der Waals surface area contributed by atoms with Gasteiger partial charge in [0.25, 0.3) is 0 Å². The van der Waals surface area contributed by atoms with Crippen molar-refractivity contribution in [3.8, 4) is 0 Å². The molecule has 0 saturated heterocycles. The van der Waals surface area contributed by atoms with Crippen LogP contribution in [-0.4, -0.2) is 17.7 Å². The van der Waals surface area contributed by atoms with Crippen LogP contribution in [0, 0.1) is 0 Å². The number of carbonyl (C=O) groups is 1. The topological polar surface area (TPSA) is 61.4 Å². The third kappa shape index (κ3) is 5.06. The maximum Gasteiger partial charge on any atom is 0.319 e. The van der Waals surface area contributed by atoms with Gasteiger partial charge in [-0.2, -0.15) is 0 Å². The van der Waals surface area contributed by atoms with E-state index in [0.717, 1.165) is 5.56 Å². The van der Waals surface area contributed by atoms with Crippen LogP contribution >= 0.6 is 11.6 Å². The maximum absolute atomic E-state index is 12.1. The molecule has 0 aliphatic heterocycles. The van der Waals surface area contributed by atoms with Crippen LogP contribution in [0.15, 0.2) is 54.6 Å². The molecule has 22 heavy (non-hydrogen) atoms. The summed E-state index contributed by atoms with van der Waals surface area (Å²) in [4.78, 5) is 12.1. The normalized spacial score (nSPS) is 11.7. The molecule has 5 heteroatoms. The molecule has 116 valence electrons. The lowest BCUT2D eigenvalue weighted by Gasteiger charge is -2.19. The van der Waals surface area contributed by atoms with Crippen molar-refractivity contribution < 1.29 is 9.90 Å². The van der Waals surface area contributed by atoms with Gasteiger partial charge in [-0.25, -0.2) is 4.79 Å². The summed E-state index contributed by atoms with van der Waals surface area (Å²) in [6.07, 6.45) is 1.30. The fourth-order valence-electron chi connectivity index (χ4n) is 2.16. The Labute approximate surface area is 135 Å². The van der Waals surface area contributed by atoms with E-state index in [9.17, 15) is 4.79 Å². The highest BCUT2D eigenvalue weighted by Gasteiger charge is 2.14. The van der Waals surface area contributed by atoms with Gasteiger partial charge in [0.2, 0.25) is 0 Å². The molecule has 0 aliphatic carbocycles. The number of aliphatic hydroxyl groups excluding tert-OH is 1. The molecule has 0 saturated carbocycles. The molecule has 2 aromatic rings. The smallest absolute Gasteiger partial charge is 0.319 e. The second-order valence-corrected chi connectivity index (χ2v) is 5.37. The molecule has 2 amide bonds. The molecule has 3 N–H and O–H groups in total. The Morgan fingerprint density at radius 3 is 2.41 bits per heavy atom. The van der Waals surface area contributed by atoms with Gasteiger partial charge in [0.15, 0.2) is 0 Å². The Morgan fingerprint density at radius 1 is 1.09 bits per heavy atom. The molecule has 0 heterocycles. The molecule has 1 unspecified atom stereocenters. The van der Waals surface area contributed by atoms with Crippen LogP contribution in [0.5, 0.6) is 0 Å². The summed E-state index contributed by atoms with van der Waals surface area (Å²) in [5.41, 5.74) is 1.69. The van der Waals surface area contributed by atoms with Crippen molar-refractivity contribution in [1.29, 1.82) is 0 Å². The molecule has 0 radical (unpaired) electrons. The number of amides is 2. The largest absolute Gasteiger partial charge is 0.396 e. The second kappa shape index (κ2) is 8.41. The van der Waals surface area contributed by atoms with E-state index in [1.54, 1.807) is 24.3 Å². The minimum Gasteiger partial charge on any atom is -0.396 e. The number of carbonyl (C=O) groups excluding carboxylic acids is 1. The highest BCUT2D eigenvalue weighted by molar-refractivity contribution is 6.30. The van der Waals surface area contributed by atoms with Gasteiger partial charge in [0.05, 0.1) is 6.04 Å². The van der Waals surface area contributed by atoms with E-state index in [1.165, 1.54) is 0 Å². The van der Waals surface area contributed by atoms with Crippen LogP contribution in [0.1, 0.15) is 24.4 Å². The summed E-state index contributed by atoms with van der Waals surface area (Å²) >= 11 is 5.82. The van der Waals surface area contributed by atoms with E-state index in [1.807, 2.05) is 30.3 Å². The van der Waals surface area contributed by atoms with Crippen LogP contribution in [0.2, 0.25) is 5.02 Å². The minimum absolute atomic E-state index is 0.101. The lowest BCUT2D eigenvalue weighted by atomic mass is 10.0. The number of halogens is 1. The Morgan fingerprint density at radius 2 is 1.77 bits per heavy atom. The molecule has 4 nitrogen and oxygen atoms in total. The predicted octanol–water partition coefficient (Wildman–Crippen LogP) is 3.98. The number of rotatable bonds is 6. The van der Waals surface area contributed by atoms with Crippen LogP contribution in [0.25, 0.3) is 0 Å². The molecule has 0 bridgehead atoms. The monoisotopic (exact) mass is 318 g/mol. The lowest BCUT2D eigenvalue weighted by Crippen LogP contribution is -2.32. The number of anilines is 1. The van der Waals surface area contributed by atoms with E-state index < -0.39 is 0 Å². The van der Waals surface area contributed by atoms with E-state index in [-0.39, 0.29) is 18.7 Å². The fourth-order valence-corrected chi connectivity index (χ4v) is 2.29. The van der Waals surface area contributed by atoms with E-state index >= 15 is 0 Å². The number of hydrogen-bond acceptors (Lipinski definition) is 2. The molecule has 0 aromatic heterocycles. The second-order valence-electron chi connectivity index (χ2n) is 4.93. The Balaban J connectivity index is 2.00. The van der Waals surface area contributed by atoms with Crippen LogP contribution in [0.4, 0.5) is 10.5 Å². The van der Waals surface area contributed by atoms with Gasteiger partial charge in [-0.1, -0.05) is 41.9 Å². The van der Waals surface area contributed by atoms with E-state index in [0.29, 0.717) is 23.6 Å². The third-order valence-electron chi connectivity index (χ3n) is 3.26. The zero-order valence-electron chi connectivity index (χ0n) is 12.1. The molecule has 0 fully saturated rings. The highest BCUT2D eigenvalue weighted by atomic mass is 35.5. The summed E-state index contributed by atoms with van der Waals surface area (Å²) in [7, 11) is 0. The van der Waals surface area contributed by atoms with Crippen molar-refractivity contribution in [2.24, 2.45) is 0 Å². The van der Waals surface area contributed by atoms with Gasteiger partial charge in [0, 0.05) is 17.3 Å². The van der Waals surface area contributed by atoms with E-state index in [2.05, 4.69) is 10.6 Å². The number of urea groups is 1. The Hall–Kier alpha value is -2.04. The molecular formula is C17H19ClN2O2. The standard InChI is InChI=1S/C17H19ClN2O2/c18-14-8-10-15(11-9-14)19-17(22)20-16(7-4-12-21)13-5-2-1-3-6-13/h1-3,5-6,8-11,16,21H,4,7,12H2,(H2,19,20,22). The molecule has 0 aliphatic rings. The van der Waals surface area contributed by atoms with Gasteiger partial charge in [-0.05, 0) is 42.7 Å². The minimum atomic E-state index is -0.283. The van der Waals surface area contributed by atoms with Crippen molar-refractivity contribution in [2.75, 3.05) is 11.9 Å². The fraction of sp³-hybridized carbons (Fsp3) is 0.235. The van der Waals surface area contributed by atoms with Crippen LogP contribution in [-0.2, 0) is 0 Å². The Bertz CT molecular complexity index is 587. The van der Waals surface area contributed by atoms with Crippen molar-refractivity contribution >= 4 is 23.3 Å². The zero-order valence-corrected chi connectivity index (χ0v) is 12.9. The zero-order chi connectivity index (χ0) is 15.8. The van der Waals surface area contributed by atoms with Gasteiger partial charge in [-0.15, -0.1) is 0 Å². The lowest BCUT2D eigenvalue weighted by molar-refractivity contribution is 0.244. The molecular weight excluding hydrogens is 300 g/mol. The summed E-state index contributed by atoms with van der Waals surface area (Å²) in [6, 6.07) is 16.2.